The molecular weight excluding hydrogens is 376 g/mol. The highest BCUT2D eigenvalue weighted by Crippen LogP contribution is 2.28. The first kappa shape index (κ1) is 21.9. The third-order valence-electron chi connectivity index (χ3n) is 3.78. The molecule has 1 heterocycles. The largest absolute Gasteiger partial charge is 0.411 e. The maximum absolute atomic E-state index is 12.2. The Bertz CT molecular complexity index is 832. The van der Waals surface area contributed by atoms with Gasteiger partial charge >= 0.3 is 6.03 Å². The second-order valence-corrected chi connectivity index (χ2v) is 9.95. The summed E-state index contributed by atoms with van der Waals surface area (Å²) in [4.78, 5) is 24.0. The summed E-state index contributed by atoms with van der Waals surface area (Å²) in [5.41, 5.74) is 1.67. The molecule has 0 fully saturated rings. The summed E-state index contributed by atoms with van der Waals surface area (Å²) in [7, 11) is 0. The lowest BCUT2D eigenvalue weighted by Gasteiger charge is -2.20. The molecule has 0 aliphatic heterocycles. The Balaban J connectivity index is 1.98. The first-order valence-electron chi connectivity index (χ1n) is 9.09. The molecule has 0 unspecified atom stereocenters. The Hall–Kier alpha value is -2.35. The third-order valence-corrected chi connectivity index (χ3v) is 4.71. The standard InChI is InChI=1S/C20H28N4O3S/c1-12(15(25)21-17(26)22-20(5,6)7)28-18-24-23-16(27-18)13-8-10-14(11-9-13)19(2,3)4/h8-12H,1-7H3,(H2,21,22,25,26)/t12-/m0/s1. The predicted molar refractivity (Wildman–Crippen MR) is 110 cm³/mol. The molecule has 8 heteroatoms. The van der Waals surface area contributed by atoms with Crippen molar-refractivity contribution in [3.63, 3.8) is 0 Å². The van der Waals surface area contributed by atoms with Crippen LogP contribution >= 0.6 is 11.8 Å². The van der Waals surface area contributed by atoms with Crippen LogP contribution in [0.2, 0.25) is 0 Å². The van der Waals surface area contributed by atoms with Crippen molar-refractivity contribution in [1.82, 2.24) is 20.8 Å². The topological polar surface area (TPSA) is 97.1 Å². The van der Waals surface area contributed by atoms with Gasteiger partial charge in [-0.1, -0.05) is 44.7 Å². The van der Waals surface area contributed by atoms with Crippen molar-refractivity contribution in [3.8, 4) is 11.5 Å². The Kier molecular flexibility index (Phi) is 6.54. The predicted octanol–water partition coefficient (Wildman–Crippen LogP) is 4.14. The van der Waals surface area contributed by atoms with Crippen molar-refractivity contribution in [1.29, 1.82) is 0 Å². The lowest BCUT2D eigenvalue weighted by Crippen LogP contribution is -2.49. The summed E-state index contributed by atoms with van der Waals surface area (Å²) >= 11 is 1.10. The first-order valence-corrected chi connectivity index (χ1v) is 9.97. The van der Waals surface area contributed by atoms with Gasteiger partial charge in [0.15, 0.2) is 0 Å². The van der Waals surface area contributed by atoms with Crippen molar-refractivity contribution in [2.75, 3.05) is 0 Å². The maximum atomic E-state index is 12.2. The van der Waals surface area contributed by atoms with E-state index in [0.29, 0.717) is 5.89 Å². The summed E-state index contributed by atoms with van der Waals surface area (Å²) in [6.45, 7) is 13.6. The second-order valence-electron chi connectivity index (χ2n) is 8.65. The third kappa shape index (κ3) is 6.37. The van der Waals surface area contributed by atoms with Crippen molar-refractivity contribution in [3.05, 3.63) is 29.8 Å². The van der Waals surface area contributed by atoms with Gasteiger partial charge in [-0.15, -0.1) is 10.2 Å². The van der Waals surface area contributed by atoms with Gasteiger partial charge in [0.1, 0.15) is 0 Å². The van der Waals surface area contributed by atoms with Gasteiger partial charge in [0.2, 0.25) is 11.8 Å². The van der Waals surface area contributed by atoms with E-state index in [-0.39, 0.29) is 10.6 Å². The number of benzene rings is 1. The van der Waals surface area contributed by atoms with Gasteiger partial charge in [0, 0.05) is 11.1 Å². The molecule has 1 atom stereocenters. The average molecular weight is 405 g/mol. The summed E-state index contributed by atoms with van der Waals surface area (Å²) in [5.74, 6) is -0.0397. The van der Waals surface area contributed by atoms with Gasteiger partial charge in [-0.05, 0) is 50.8 Å². The minimum Gasteiger partial charge on any atom is -0.411 e. The fourth-order valence-corrected chi connectivity index (χ4v) is 2.96. The Labute approximate surface area is 170 Å². The number of carbonyl (C=O) groups is 2. The Morgan fingerprint density at radius 3 is 2.18 bits per heavy atom. The fourth-order valence-electron chi connectivity index (χ4n) is 2.28. The normalized spacial score (nSPS) is 13.1. The average Bonchev–Trinajstić information content (AvgIpc) is 3.00. The van der Waals surface area contributed by atoms with Gasteiger partial charge in [-0.3, -0.25) is 10.1 Å². The van der Waals surface area contributed by atoms with Crippen LogP contribution in [0.15, 0.2) is 33.9 Å². The van der Waals surface area contributed by atoms with Crippen molar-refractivity contribution in [2.45, 2.75) is 69.9 Å². The molecule has 2 aromatic rings. The maximum Gasteiger partial charge on any atom is 0.321 e. The summed E-state index contributed by atoms with van der Waals surface area (Å²) in [6, 6.07) is 7.42. The second kappa shape index (κ2) is 8.34. The van der Waals surface area contributed by atoms with E-state index < -0.39 is 22.7 Å². The van der Waals surface area contributed by atoms with E-state index >= 15 is 0 Å². The number of amides is 3. The Morgan fingerprint density at radius 1 is 1.04 bits per heavy atom. The number of hydrogen-bond donors (Lipinski definition) is 2. The highest BCUT2D eigenvalue weighted by atomic mass is 32.2. The molecule has 0 aliphatic rings. The SMILES string of the molecule is C[C@H](Sc1nnc(-c2ccc(C(C)(C)C)cc2)o1)C(=O)NC(=O)NC(C)(C)C. The molecule has 0 spiro atoms. The lowest BCUT2D eigenvalue weighted by molar-refractivity contribution is -0.119. The van der Waals surface area contributed by atoms with E-state index in [9.17, 15) is 9.59 Å². The number of nitrogens with zero attached hydrogens (tertiary/aromatic N) is 2. The van der Waals surface area contributed by atoms with Gasteiger partial charge in [-0.2, -0.15) is 0 Å². The van der Waals surface area contributed by atoms with Crippen LogP contribution in [0.1, 0.15) is 54.0 Å². The number of hydrogen-bond acceptors (Lipinski definition) is 6. The van der Waals surface area contributed by atoms with E-state index in [4.69, 9.17) is 4.42 Å². The van der Waals surface area contributed by atoms with Crippen LogP contribution in [-0.4, -0.2) is 32.9 Å². The zero-order valence-electron chi connectivity index (χ0n) is 17.4. The molecule has 28 heavy (non-hydrogen) atoms. The molecule has 152 valence electrons. The van der Waals surface area contributed by atoms with Crippen LogP contribution in [0.3, 0.4) is 0 Å². The molecule has 2 rings (SSSR count). The lowest BCUT2D eigenvalue weighted by atomic mass is 9.87. The van der Waals surface area contributed by atoms with Crippen LogP contribution < -0.4 is 10.6 Å². The number of carbonyl (C=O) groups excluding carboxylic acids is 2. The summed E-state index contributed by atoms with van der Waals surface area (Å²) in [5, 5.41) is 12.7. The zero-order chi connectivity index (χ0) is 21.1. The van der Waals surface area contributed by atoms with Gasteiger partial charge < -0.3 is 9.73 Å². The molecule has 0 saturated carbocycles. The van der Waals surface area contributed by atoms with Gasteiger partial charge in [-0.25, -0.2) is 4.79 Å². The van der Waals surface area contributed by atoms with E-state index in [1.54, 1.807) is 6.92 Å². The summed E-state index contributed by atoms with van der Waals surface area (Å²) in [6.07, 6.45) is 0. The highest BCUT2D eigenvalue weighted by Gasteiger charge is 2.22. The molecule has 0 saturated heterocycles. The van der Waals surface area contributed by atoms with Crippen LogP contribution in [-0.2, 0) is 10.2 Å². The van der Waals surface area contributed by atoms with E-state index in [2.05, 4.69) is 41.6 Å². The van der Waals surface area contributed by atoms with Gasteiger partial charge in [0.05, 0.1) is 5.25 Å². The molecule has 7 nitrogen and oxygen atoms in total. The monoisotopic (exact) mass is 404 g/mol. The molecule has 0 bridgehead atoms. The van der Waals surface area contributed by atoms with E-state index in [0.717, 1.165) is 17.3 Å². The number of nitrogens with one attached hydrogen (secondary N) is 2. The van der Waals surface area contributed by atoms with Gasteiger partial charge in [0.25, 0.3) is 5.22 Å². The fraction of sp³-hybridized carbons (Fsp3) is 0.500. The molecule has 0 aliphatic carbocycles. The summed E-state index contributed by atoms with van der Waals surface area (Å²) < 4.78 is 5.66. The Morgan fingerprint density at radius 2 is 1.64 bits per heavy atom. The molecule has 3 amide bonds. The molecular formula is C20H28N4O3S. The highest BCUT2D eigenvalue weighted by molar-refractivity contribution is 8.00. The smallest absolute Gasteiger partial charge is 0.321 e. The molecule has 0 radical (unpaired) electrons. The van der Waals surface area contributed by atoms with Crippen LogP contribution in [0.25, 0.3) is 11.5 Å². The van der Waals surface area contributed by atoms with Crippen LogP contribution in [0, 0.1) is 0 Å². The number of urea groups is 1. The van der Waals surface area contributed by atoms with Crippen molar-refractivity contribution >= 4 is 23.7 Å². The number of imide groups is 1. The number of rotatable bonds is 4. The quantitative estimate of drug-likeness (QED) is 0.744. The molecule has 2 N–H and O–H groups in total. The van der Waals surface area contributed by atoms with Crippen molar-refractivity contribution < 1.29 is 14.0 Å². The molecule has 1 aromatic carbocycles. The van der Waals surface area contributed by atoms with Crippen molar-refractivity contribution in [2.24, 2.45) is 0 Å². The number of thioether (sulfide) groups is 1. The minimum atomic E-state index is -0.567. The van der Waals surface area contributed by atoms with Crippen LogP contribution in [0.5, 0.6) is 0 Å². The first-order chi connectivity index (χ1) is 12.8. The number of aromatic nitrogens is 2. The van der Waals surface area contributed by atoms with Crippen LogP contribution in [0.4, 0.5) is 4.79 Å². The minimum absolute atomic E-state index is 0.0659. The van der Waals surface area contributed by atoms with E-state index in [1.165, 1.54) is 5.56 Å². The van der Waals surface area contributed by atoms with E-state index in [1.807, 2.05) is 45.0 Å². The zero-order valence-corrected chi connectivity index (χ0v) is 18.2. The molecule has 1 aromatic heterocycles.